The van der Waals surface area contributed by atoms with Crippen molar-refractivity contribution in [3.63, 3.8) is 0 Å². The zero-order valence-corrected chi connectivity index (χ0v) is 29.6. The second-order valence-corrected chi connectivity index (χ2v) is 14.4. The highest BCUT2D eigenvalue weighted by Gasteiger charge is 2.71. The van der Waals surface area contributed by atoms with Crippen molar-refractivity contribution in [3.05, 3.63) is 59.7 Å². The van der Waals surface area contributed by atoms with Crippen molar-refractivity contribution in [3.8, 4) is 28.5 Å². The van der Waals surface area contributed by atoms with E-state index in [-0.39, 0.29) is 70.5 Å². The number of imide groups is 2. The molecule has 0 radical (unpaired) electrons. The second-order valence-electron chi connectivity index (χ2n) is 14.4. The molecule has 282 valence electrons. The molecule has 1 unspecified atom stereocenters. The highest BCUT2D eigenvalue weighted by atomic mass is 16.5. The first-order chi connectivity index (χ1) is 25.9. The molecule has 6 amide bonds. The quantitative estimate of drug-likeness (QED) is 0.135. The number of anilines is 1. The fourth-order valence-corrected chi connectivity index (χ4v) is 7.73. The summed E-state index contributed by atoms with van der Waals surface area (Å²) in [7, 11) is 1.88. The maximum absolute atomic E-state index is 13.0. The Kier molecular flexibility index (Phi) is 9.66. The summed E-state index contributed by atoms with van der Waals surface area (Å²) in [6, 6.07) is 11.6. The van der Waals surface area contributed by atoms with Crippen LogP contribution in [-0.4, -0.2) is 113 Å². The van der Waals surface area contributed by atoms with Crippen molar-refractivity contribution in [1.29, 1.82) is 0 Å². The zero-order chi connectivity index (χ0) is 38.2. The minimum atomic E-state index is -1.07. The number of phenols is 1. The maximum Gasteiger partial charge on any atom is 0.262 e. The van der Waals surface area contributed by atoms with Crippen molar-refractivity contribution in [2.75, 3.05) is 52.2 Å². The Morgan fingerprint density at radius 3 is 2.43 bits per heavy atom. The van der Waals surface area contributed by atoms with Gasteiger partial charge in [0.1, 0.15) is 23.2 Å². The number of likely N-dealkylation sites (N-methyl/N-ethyl adjacent to an activating group) is 1. The Morgan fingerprint density at radius 2 is 1.69 bits per heavy atom. The maximum atomic E-state index is 13.0. The number of para-hydroxylation sites is 1. The molecule has 1 atom stereocenters. The lowest BCUT2D eigenvalue weighted by molar-refractivity contribution is -0.217. The lowest BCUT2D eigenvalue weighted by Crippen LogP contribution is -2.69. The van der Waals surface area contributed by atoms with Gasteiger partial charge in [0.05, 0.1) is 23.1 Å². The number of phenolic OH excluding ortho intramolecular Hbond substituents is 1. The number of rotatable bonds is 15. The van der Waals surface area contributed by atoms with Crippen molar-refractivity contribution in [2.45, 2.75) is 38.1 Å². The largest absolute Gasteiger partial charge is 0.507 e. The molecule has 3 aromatic rings. The van der Waals surface area contributed by atoms with Crippen LogP contribution in [0.15, 0.2) is 48.5 Å². The predicted octanol–water partition coefficient (Wildman–Crippen LogP) is 0.625. The van der Waals surface area contributed by atoms with Crippen LogP contribution in [0.4, 0.5) is 5.82 Å². The third-order valence-corrected chi connectivity index (χ3v) is 10.5. The summed E-state index contributed by atoms with van der Waals surface area (Å²) >= 11 is 0. The van der Waals surface area contributed by atoms with Gasteiger partial charge in [0.25, 0.3) is 17.7 Å². The number of nitrogens with one attached hydrogen (secondary N) is 3. The predicted molar refractivity (Wildman–Crippen MR) is 190 cm³/mol. The van der Waals surface area contributed by atoms with E-state index in [1.807, 2.05) is 11.9 Å². The Hall–Kier alpha value is -6.10. The molecule has 5 aliphatic rings. The molecule has 2 aliphatic heterocycles. The van der Waals surface area contributed by atoms with E-state index in [0.29, 0.717) is 49.8 Å². The smallest absolute Gasteiger partial charge is 0.262 e. The van der Waals surface area contributed by atoms with Gasteiger partial charge in [0.15, 0.2) is 18.2 Å². The van der Waals surface area contributed by atoms with E-state index in [2.05, 4.69) is 26.1 Å². The van der Waals surface area contributed by atoms with E-state index in [9.17, 15) is 33.9 Å². The first kappa shape index (κ1) is 36.3. The average molecular weight is 741 g/mol. The molecule has 2 aromatic carbocycles. The van der Waals surface area contributed by atoms with Gasteiger partial charge in [-0.05, 0) is 63.1 Å². The van der Waals surface area contributed by atoms with Crippen LogP contribution in [0.5, 0.6) is 17.2 Å². The first-order valence-electron chi connectivity index (χ1n) is 17.6. The van der Waals surface area contributed by atoms with Crippen molar-refractivity contribution < 1.29 is 43.3 Å². The first-order valence-corrected chi connectivity index (χ1v) is 17.6. The number of hydrogen-bond acceptors (Lipinski definition) is 13. The molecule has 3 heterocycles. The van der Waals surface area contributed by atoms with E-state index in [4.69, 9.17) is 15.2 Å². The minimum Gasteiger partial charge on any atom is -0.507 e. The molecular weight excluding hydrogens is 700 g/mol. The number of nitrogens with two attached hydrogens (primary N) is 1. The standard InChI is InChI=1S/C37H40N8O9/c1-44(12-10-39-30(48)16-53-21-6-7-22-24(14-21)34(51)45(33(22)50)26-8-9-29(47)41-32(26)49)13-11-40-35(52)37-17-36(18-37,19-37)20-54-28-15-25(42-43-31(28)38)23-4-2-3-5-27(23)46/h2-7,14-15,26,46H,8-13,16-20H2,1H3,(H2,38,43)(H,39,48)(H,40,52)(H,41,47,49). The number of hydrogen-bond donors (Lipinski definition) is 5. The summed E-state index contributed by atoms with van der Waals surface area (Å²) < 4.78 is 11.6. The number of piperidine rings is 1. The highest BCUT2D eigenvalue weighted by Crippen LogP contribution is 2.73. The Labute approximate surface area is 309 Å². The number of amides is 6. The normalized spacial score (nSPS) is 22.6. The number of ether oxygens (including phenoxy) is 2. The number of carbonyl (C=O) groups is 6. The van der Waals surface area contributed by atoms with Gasteiger partial charge in [-0.25, -0.2) is 0 Å². The number of aromatic hydroxyl groups is 1. The molecule has 8 rings (SSSR count). The van der Waals surface area contributed by atoms with E-state index >= 15 is 0 Å². The van der Waals surface area contributed by atoms with Gasteiger partial charge in [-0.3, -0.25) is 39.0 Å². The van der Waals surface area contributed by atoms with Gasteiger partial charge in [-0.2, -0.15) is 0 Å². The summed E-state index contributed by atoms with van der Waals surface area (Å²) in [6.07, 6.45) is 2.25. The highest BCUT2D eigenvalue weighted by molar-refractivity contribution is 6.23. The van der Waals surface area contributed by atoms with E-state index in [1.54, 1.807) is 30.3 Å². The average Bonchev–Trinajstić information content (AvgIpc) is 3.35. The number of carbonyl (C=O) groups excluding carboxylic acids is 6. The van der Waals surface area contributed by atoms with Gasteiger partial charge < -0.3 is 35.8 Å². The van der Waals surface area contributed by atoms with Crippen molar-refractivity contribution in [1.82, 2.24) is 35.9 Å². The molecule has 0 spiro atoms. The van der Waals surface area contributed by atoms with Gasteiger partial charge in [0.2, 0.25) is 17.7 Å². The molecule has 2 bridgehead atoms. The van der Waals surface area contributed by atoms with Gasteiger partial charge in [-0.15, -0.1) is 10.2 Å². The molecule has 54 heavy (non-hydrogen) atoms. The summed E-state index contributed by atoms with van der Waals surface area (Å²) in [6.45, 7) is 1.97. The number of nitrogen functional groups attached to an aromatic ring is 1. The third-order valence-electron chi connectivity index (χ3n) is 10.5. The van der Waals surface area contributed by atoms with Crippen LogP contribution in [-0.2, 0) is 19.2 Å². The van der Waals surface area contributed by atoms with Gasteiger partial charge >= 0.3 is 0 Å². The second kappa shape index (κ2) is 14.4. The topological polar surface area (TPSA) is 235 Å². The third kappa shape index (κ3) is 7.01. The Balaban J connectivity index is 0.778. The van der Waals surface area contributed by atoms with Crippen LogP contribution < -0.4 is 31.2 Å². The molecule has 1 aromatic heterocycles. The summed E-state index contributed by atoms with van der Waals surface area (Å²) in [5, 5.41) is 26.2. The summed E-state index contributed by atoms with van der Waals surface area (Å²) in [5.41, 5.74) is 6.68. The number of nitrogens with zero attached hydrogens (tertiary/aromatic N) is 4. The van der Waals surface area contributed by atoms with Crippen LogP contribution in [0.2, 0.25) is 0 Å². The summed E-state index contributed by atoms with van der Waals surface area (Å²) in [4.78, 5) is 77.9. The molecular formula is C37H40N8O9. The van der Waals surface area contributed by atoms with Gasteiger partial charge in [-0.1, -0.05) is 12.1 Å². The molecule has 17 heteroatoms. The van der Waals surface area contributed by atoms with Crippen LogP contribution in [0, 0.1) is 10.8 Å². The molecule has 1 saturated heterocycles. The van der Waals surface area contributed by atoms with E-state index in [0.717, 1.165) is 24.2 Å². The lowest BCUT2D eigenvalue weighted by atomic mass is 9.35. The van der Waals surface area contributed by atoms with Crippen molar-refractivity contribution in [2.24, 2.45) is 10.8 Å². The molecule has 4 fully saturated rings. The Morgan fingerprint density at radius 1 is 0.963 bits per heavy atom. The lowest BCUT2D eigenvalue weighted by Gasteiger charge is -2.68. The number of benzene rings is 2. The van der Waals surface area contributed by atoms with Crippen LogP contribution in [0.3, 0.4) is 0 Å². The fourth-order valence-electron chi connectivity index (χ4n) is 7.73. The fraction of sp³-hybridized carbons (Fsp3) is 0.405. The Bertz CT molecular complexity index is 2040. The van der Waals surface area contributed by atoms with Gasteiger partial charge in [0, 0.05) is 49.6 Å². The molecule has 17 nitrogen and oxygen atoms in total. The zero-order valence-electron chi connectivity index (χ0n) is 29.6. The SMILES string of the molecule is CN(CCNC(=O)COc1ccc2c(c1)C(=O)N(C1CCC(=O)NC1=O)C2=O)CCNC(=O)C12CC(COc3cc(-c4ccccc4O)nnc3N)(C1)C2. The molecule has 6 N–H and O–H groups in total. The van der Waals surface area contributed by atoms with Crippen molar-refractivity contribution >= 4 is 41.3 Å². The van der Waals surface area contributed by atoms with Crippen LogP contribution in [0.25, 0.3) is 11.3 Å². The van der Waals surface area contributed by atoms with Crippen LogP contribution in [0.1, 0.15) is 52.8 Å². The van der Waals surface area contributed by atoms with E-state index in [1.165, 1.54) is 18.2 Å². The monoisotopic (exact) mass is 740 g/mol. The molecule has 3 aliphatic carbocycles. The van der Waals surface area contributed by atoms with E-state index < -0.39 is 29.7 Å². The van der Waals surface area contributed by atoms with Crippen LogP contribution >= 0.6 is 0 Å². The number of aromatic nitrogens is 2. The summed E-state index contributed by atoms with van der Waals surface area (Å²) in [5.74, 6) is -1.97. The number of fused-ring (bicyclic) bond motifs is 1. The minimum absolute atomic E-state index is 0.0225. The molecule has 3 saturated carbocycles.